The van der Waals surface area contributed by atoms with Gasteiger partial charge in [-0.2, -0.15) is 0 Å². The van der Waals surface area contributed by atoms with Gasteiger partial charge >= 0.3 is 5.97 Å². The fourth-order valence-electron chi connectivity index (χ4n) is 4.58. The first-order chi connectivity index (χ1) is 18.7. The van der Waals surface area contributed by atoms with E-state index in [1.165, 1.54) is 0 Å². The molecule has 9 heteroatoms. The molecule has 0 saturated carbocycles. The number of hydrogen-bond donors (Lipinski definition) is 3. The van der Waals surface area contributed by atoms with Gasteiger partial charge in [0.1, 0.15) is 17.6 Å². The molecule has 1 aliphatic heterocycles. The number of pyridine rings is 1. The van der Waals surface area contributed by atoms with E-state index in [9.17, 15) is 14.7 Å². The number of aromatic nitrogens is 1. The summed E-state index contributed by atoms with van der Waals surface area (Å²) in [5.74, 6) is 0.131. The number of aryl methyl sites for hydroxylation is 1. The summed E-state index contributed by atoms with van der Waals surface area (Å²) in [6, 6.07) is 21.3. The van der Waals surface area contributed by atoms with E-state index in [0.29, 0.717) is 16.6 Å². The van der Waals surface area contributed by atoms with Gasteiger partial charge in [-0.15, -0.1) is 0 Å². The topological polar surface area (TPSA) is 108 Å². The molecule has 8 nitrogen and oxygen atoms in total. The van der Waals surface area contributed by atoms with Crippen molar-refractivity contribution in [3.63, 3.8) is 0 Å². The van der Waals surface area contributed by atoms with Crippen molar-refractivity contribution >= 4 is 40.6 Å². The Labute approximate surface area is 231 Å². The molecular weight excluding hydrogens is 512 g/mol. The first-order valence-electron chi connectivity index (χ1n) is 12.6. The summed E-state index contributed by atoms with van der Waals surface area (Å²) in [5.41, 5.74) is 4.29. The second-order valence-corrected chi connectivity index (χ2v) is 10.1. The molecule has 1 aliphatic rings. The van der Waals surface area contributed by atoms with E-state index in [2.05, 4.69) is 15.6 Å². The lowest BCUT2D eigenvalue weighted by atomic mass is 10.0. The van der Waals surface area contributed by atoms with Gasteiger partial charge in [-0.25, -0.2) is 4.79 Å². The monoisotopic (exact) mass is 540 g/mol. The zero-order valence-corrected chi connectivity index (χ0v) is 22.5. The van der Waals surface area contributed by atoms with Crippen LogP contribution in [0.25, 0.3) is 11.3 Å². The average molecular weight is 541 g/mol. The zero-order chi connectivity index (χ0) is 27.7. The Morgan fingerprint density at radius 3 is 2.49 bits per heavy atom. The highest BCUT2D eigenvalue weighted by Gasteiger charge is 2.42. The molecule has 0 aliphatic carbocycles. The van der Waals surface area contributed by atoms with E-state index in [-0.39, 0.29) is 29.5 Å². The third-order valence-electron chi connectivity index (χ3n) is 6.70. The molecule has 2 aromatic heterocycles. The number of nitrogens with one attached hydrogen (secondary N) is 2. The van der Waals surface area contributed by atoms with Crippen LogP contribution in [-0.4, -0.2) is 27.1 Å². The van der Waals surface area contributed by atoms with Crippen LogP contribution in [0.15, 0.2) is 83.4 Å². The van der Waals surface area contributed by atoms with Gasteiger partial charge in [-0.1, -0.05) is 32.0 Å². The summed E-state index contributed by atoms with van der Waals surface area (Å²) in [4.78, 5) is 30.1. The summed E-state index contributed by atoms with van der Waals surface area (Å²) >= 11 is 5.82. The van der Waals surface area contributed by atoms with Gasteiger partial charge in [0.05, 0.1) is 17.3 Å². The maximum atomic E-state index is 12.3. The number of carbonyl (C=O) groups is 2. The van der Waals surface area contributed by atoms with Crippen molar-refractivity contribution in [3.05, 3.63) is 102 Å². The summed E-state index contributed by atoms with van der Waals surface area (Å²) in [6.07, 6.45) is 1.74. The molecule has 1 saturated heterocycles. The number of thiocarbonyl (C=S) groups is 1. The summed E-state index contributed by atoms with van der Waals surface area (Å²) in [7, 11) is 0. The minimum absolute atomic E-state index is 0.0446. The number of carboxylic acid groups (broad SMARTS) is 1. The van der Waals surface area contributed by atoms with E-state index in [1.807, 2.05) is 74.2 Å². The predicted octanol–water partition coefficient (Wildman–Crippen LogP) is 6.12. The number of benzene rings is 2. The van der Waals surface area contributed by atoms with Gasteiger partial charge in [0.25, 0.3) is 0 Å². The standard InChI is InChI=1S/C30H28N4O4S/c1-17(2)28(35)32-22-12-11-21(16-18(22)3)34-27(26(33-30(34)39)23-6-4-5-15-31-23)25-14-13-24(38-25)19-7-9-20(10-8-19)29(36)37/h4-17,26-27H,1-3H3,(H,32,35)(H,33,39)(H,36,37)/t26-,27-/m1/s1. The molecule has 39 heavy (non-hydrogen) atoms. The number of amides is 1. The van der Waals surface area contributed by atoms with Crippen molar-refractivity contribution in [2.24, 2.45) is 5.92 Å². The van der Waals surface area contributed by atoms with Crippen molar-refractivity contribution in [3.8, 4) is 11.3 Å². The molecule has 3 N–H and O–H groups in total. The Bertz CT molecular complexity index is 1530. The Kier molecular flexibility index (Phi) is 7.17. The molecule has 0 spiro atoms. The number of nitrogens with zero attached hydrogens (tertiary/aromatic N) is 2. The van der Waals surface area contributed by atoms with Gasteiger partial charge in [0.15, 0.2) is 5.11 Å². The van der Waals surface area contributed by atoms with Crippen molar-refractivity contribution in [1.29, 1.82) is 0 Å². The van der Waals surface area contributed by atoms with E-state index < -0.39 is 5.97 Å². The number of aromatic carboxylic acids is 1. The number of carboxylic acids is 1. The summed E-state index contributed by atoms with van der Waals surface area (Å²) in [5, 5.41) is 16.1. The van der Waals surface area contributed by atoms with Crippen molar-refractivity contribution in [1.82, 2.24) is 10.3 Å². The third-order valence-corrected chi connectivity index (χ3v) is 7.02. The largest absolute Gasteiger partial charge is 0.478 e. The van der Waals surface area contributed by atoms with Crippen LogP contribution in [0.3, 0.4) is 0 Å². The van der Waals surface area contributed by atoms with Crippen LogP contribution in [0.2, 0.25) is 0 Å². The molecule has 198 valence electrons. The lowest BCUT2D eigenvalue weighted by Crippen LogP contribution is -2.29. The van der Waals surface area contributed by atoms with Crippen LogP contribution < -0.4 is 15.5 Å². The highest BCUT2D eigenvalue weighted by Crippen LogP contribution is 2.43. The first kappa shape index (κ1) is 26.1. The number of carbonyl (C=O) groups excluding carboxylic acids is 1. The molecule has 1 amide bonds. The maximum Gasteiger partial charge on any atom is 0.335 e. The second-order valence-electron chi connectivity index (χ2n) is 9.72. The van der Waals surface area contributed by atoms with E-state index in [4.69, 9.17) is 16.6 Å². The highest BCUT2D eigenvalue weighted by molar-refractivity contribution is 7.80. The van der Waals surface area contributed by atoms with Gasteiger partial charge in [-0.05, 0) is 79.3 Å². The van der Waals surface area contributed by atoms with E-state index in [1.54, 1.807) is 30.5 Å². The van der Waals surface area contributed by atoms with Crippen LogP contribution >= 0.6 is 12.2 Å². The fourth-order valence-corrected chi connectivity index (χ4v) is 4.93. The van der Waals surface area contributed by atoms with Crippen molar-refractivity contribution < 1.29 is 19.1 Å². The second kappa shape index (κ2) is 10.7. The van der Waals surface area contributed by atoms with Crippen molar-refractivity contribution in [2.45, 2.75) is 32.9 Å². The summed E-state index contributed by atoms with van der Waals surface area (Å²) in [6.45, 7) is 5.66. The lowest BCUT2D eigenvalue weighted by molar-refractivity contribution is -0.118. The van der Waals surface area contributed by atoms with Gasteiger partial charge < -0.3 is 25.1 Å². The molecule has 0 unspecified atom stereocenters. The van der Waals surface area contributed by atoms with Crippen molar-refractivity contribution in [2.75, 3.05) is 10.2 Å². The van der Waals surface area contributed by atoms with Gasteiger partial charge in [-0.3, -0.25) is 9.78 Å². The number of furan rings is 1. The average Bonchev–Trinajstić information content (AvgIpc) is 3.55. The SMILES string of the molecule is Cc1cc(N2C(=S)N[C@H](c3ccccn3)[C@H]2c2ccc(-c3ccc(C(=O)O)cc3)o2)ccc1NC(=O)C(C)C. The van der Waals surface area contributed by atoms with E-state index in [0.717, 1.165) is 28.2 Å². The maximum absolute atomic E-state index is 12.3. The lowest BCUT2D eigenvalue weighted by Gasteiger charge is -2.27. The van der Waals surface area contributed by atoms with Crippen LogP contribution in [0.5, 0.6) is 0 Å². The minimum Gasteiger partial charge on any atom is -0.478 e. The number of anilines is 2. The van der Waals surface area contributed by atoms with Gasteiger partial charge in [0.2, 0.25) is 5.91 Å². The van der Waals surface area contributed by atoms with E-state index >= 15 is 0 Å². The molecule has 2 atom stereocenters. The molecule has 5 rings (SSSR count). The van der Waals surface area contributed by atoms with Crippen LogP contribution in [0.1, 0.15) is 53.3 Å². The smallest absolute Gasteiger partial charge is 0.335 e. The molecule has 3 heterocycles. The zero-order valence-electron chi connectivity index (χ0n) is 21.7. The highest BCUT2D eigenvalue weighted by atomic mass is 32.1. The van der Waals surface area contributed by atoms with Crippen LogP contribution in [-0.2, 0) is 4.79 Å². The minimum atomic E-state index is -0.980. The Balaban J connectivity index is 1.53. The Morgan fingerprint density at radius 2 is 1.85 bits per heavy atom. The number of hydrogen-bond acceptors (Lipinski definition) is 5. The Morgan fingerprint density at radius 1 is 1.08 bits per heavy atom. The fraction of sp³-hybridized carbons (Fsp3) is 0.200. The molecule has 0 bridgehead atoms. The molecule has 2 aromatic carbocycles. The number of rotatable bonds is 7. The Hall–Kier alpha value is -4.50. The van der Waals surface area contributed by atoms with Crippen LogP contribution in [0.4, 0.5) is 11.4 Å². The first-order valence-corrected chi connectivity index (χ1v) is 13.0. The van der Waals surface area contributed by atoms with Crippen LogP contribution in [0, 0.1) is 12.8 Å². The summed E-state index contributed by atoms with van der Waals surface area (Å²) < 4.78 is 6.37. The molecule has 0 radical (unpaired) electrons. The third kappa shape index (κ3) is 5.26. The quantitative estimate of drug-likeness (QED) is 0.241. The normalized spacial score (nSPS) is 16.8. The predicted molar refractivity (Wildman–Crippen MR) is 154 cm³/mol. The van der Waals surface area contributed by atoms with Gasteiger partial charge in [0, 0.05) is 29.1 Å². The molecule has 4 aromatic rings. The molecule has 1 fully saturated rings. The molecular formula is C30H28N4O4S.